The molecule has 1 fully saturated rings. The molecular formula is C12H11BrFN3O. The summed E-state index contributed by atoms with van der Waals surface area (Å²) in [5, 5.41) is 12.0. The van der Waals surface area contributed by atoms with Gasteiger partial charge < -0.3 is 10.2 Å². The van der Waals surface area contributed by atoms with Crippen LogP contribution in [-0.2, 0) is 0 Å². The van der Waals surface area contributed by atoms with Crippen molar-refractivity contribution in [2.45, 2.75) is 6.04 Å². The number of hydrogen-bond acceptors (Lipinski definition) is 3. The second-order valence-electron chi connectivity index (χ2n) is 3.97. The molecule has 1 N–H and O–H groups in total. The standard InChI is InChI=1S/C12H11BrFN3O/c13-8-1-2-10(11(14)5-8)12(18)17-4-3-16-7-9(17)6-15/h1-2,5,9,16H,3-4,7H2. The van der Waals surface area contributed by atoms with Gasteiger partial charge in [-0.2, -0.15) is 5.26 Å². The minimum atomic E-state index is -0.579. The van der Waals surface area contributed by atoms with E-state index in [9.17, 15) is 9.18 Å². The van der Waals surface area contributed by atoms with Crippen LogP contribution in [0.3, 0.4) is 0 Å². The molecule has 1 saturated heterocycles. The first-order valence-electron chi connectivity index (χ1n) is 5.50. The Morgan fingerprint density at radius 3 is 3.06 bits per heavy atom. The quantitative estimate of drug-likeness (QED) is 0.855. The third kappa shape index (κ3) is 2.52. The number of halogens is 2. The van der Waals surface area contributed by atoms with Crippen LogP contribution in [0.1, 0.15) is 10.4 Å². The molecule has 94 valence electrons. The summed E-state index contributed by atoms with van der Waals surface area (Å²) in [6.45, 7) is 1.44. The molecule has 0 aromatic heterocycles. The summed E-state index contributed by atoms with van der Waals surface area (Å²) in [6.07, 6.45) is 0. The SMILES string of the molecule is N#CC1CNCCN1C(=O)c1ccc(Br)cc1F. The summed E-state index contributed by atoms with van der Waals surface area (Å²) in [5.74, 6) is -1.02. The van der Waals surface area contributed by atoms with Crippen molar-refractivity contribution in [3.63, 3.8) is 0 Å². The van der Waals surface area contributed by atoms with Crippen LogP contribution < -0.4 is 5.32 Å². The van der Waals surface area contributed by atoms with Gasteiger partial charge in [-0.25, -0.2) is 4.39 Å². The van der Waals surface area contributed by atoms with Crippen molar-refractivity contribution in [2.24, 2.45) is 0 Å². The number of carbonyl (C=O) groups excluding carboxylic acids is 1. The molecule has 1 aliphatic heterocycles. The summed E-state index contributed by atoms with van der Waals surface area (Å²) in [5.41, 5.74) is 0.000324. The van der Waals surface area contributed by atoms with Crippen LogP contribution in [0.15, 0.2) is 22.7 Å². The second-order valence-corrected chi connectivity index (χ2v) is 4.89. The molecule has 1 unspecified atom stereocenters. The highest BCUT2D eigenvalue weighted by Gasteiger charge is 2.28. The van der Waals surface area contributed by atoms with E-state index in [2.05, 4.69) is 21.2 Å². The first-order valence-corrected chi connectivity index (χ1v) is 6.29. The fraction of sp³-hybridized carbons (Fsp3) is 0.333. The molecule has 1 aliphatic rings. The van der Waals surface area contributed by atoms with E-state index in [1.165, 1.54) is 17.0 Å². The zero-order valence-electron chi connectivity index (χ0n) is 9.49. The van der Waals surface area contributed by atoms with E-state index in [-0.39, 0.29) is 5.56 Å². The molecule has 2 rings (SSSR count). The van der Waals surface area contributed by atoms with Crippen LogP contribution in [0.5, 0.6) is 0 Å². The lowest BCUT2D eigenvalue weighted by molar-refractivity contribution is 0.0682. The van der Waals surface area contributed by atoms with Gasteiger partial charge in [0.2, 0.25) is 0 Å². The number of nitriles is 1. The normalized spacial score (nSPS) is 19.4. The lowest BCUT2D eigenvalue weighted by atomic mass is 10.1. The number of carbonyl (C=O) groups is 1. The molecule has 1 aromatic carbocycles. The van der Waals surface area contributed by atoms with Gasteiger partial charge >= 0.3 is 0 Å². The van der Waals surface area contributed by atoms with E-state index in [1.807, 2.05) is 6.07 Å². The van der Waals surface area contributed by atoms with Crippen molar-refractivity contribution < 1.29 is 9.18 Å². The molecule has 6 heteroatoms. The largest absolute Gasteiger partial charge is 0.320 e. The van der Waals surface area contributed by atoms with Crippen LogP contribution >= 0.6 is 15.9 Å². The van der Waals surface area contributed by atoms with Crippen molar-refractivity contribution >= 4 is 21.8 Å². The van der Waals surface area contributed by atoms with Crippen molar-refractivity contribution in [2.75, 3.05) is 19.6 Å². The third-order valence-corrected chi connectivity index (χ3v) is 3.31. The Balaban J connectivity index is 2.27. The number of hydrogen-bond donors (Lipinski definition) is 1. The topological polar surface area (TPSA) is 56.1 Å². The van der Waals surface area contributed by atoms with Gasteiger partial charge in [0.25, 0.3) is 5.91 Å². The van der Waals surface area contributed by atoms with Crippen LogP contribution in [-0.4, -0.2) is 36.5 Å². The molecule has 18 heavy (non-hydrogen) atoms. The maximum absolute atomic E-state index is 13.7. The minimum Gasteiger partial charge on any atom is -0.320 e. The fourth-order valence-electron chi connectivity index (χ4n) is 1.88. The molecule has 1 amide bonds. The minimum absolute atomic E-state index is 0.000324. The Kier molecular flexibility index (Phi) is 3.94. The maximum Gasteiger partial charge on any atom is 0.257 e. The predicted molar refractivity (Wildman–Crippen MR) is 67.4 cm³/mol. The summed E-state index contributed by atoms with van der Waals surface area (Å²) in [7, 11) is 0. The van der Waals surface area contributed by atoms with Crippen molar-refractivity contribution in [1.29, 1.82) is 5.26 Å². The molecule has 0 radical (unpaired) electrons. The Labute approximate surface area is 113 Å². The lowest BCUT2D eigenvalue weighted by Gasteiger charge is -2.32. The summed E-state index contributed by atoms with van der Waals surface area (Å²) in [4.78, 5) is 13.6. The van der Waals surface area contributed by atoms with Crippen molar-refractivity contribution in [3.05, 3.63) is 34.1 Å². The Bertz CT molecular complexity index is 515. The number of nitrogens with one attached hydrogen (secondary N) is 1. The Morgan fingerprint density at radius 2 is 2.39 bits per heavy atom. The summed E-state index contributed by atoms with van der Waals surface area (Å²) >= 11 is 3.14. The van der Waals surface area contributed by atoms with Gasteiger partial charge in [0.05, 0.1) is 11.6 Å². The zero-order chi connectivity index (χ0) is 13.1. The monoisotopic (exact) mass is 311 g/mol. The highest BCUT2D eigenvalue weighted by molar-refractivity contribution is 9.10. The van der Waals surface area contributed by atoms with E-state index in [0.717, 1.165) is 0 Å². The molecule has 1 atom stereocenters. The average Bonchev–Trinajstić information content (AvgIpc) is 2.38. The number of piperazine rings is 1. The van der Waals surface area contributed by atoms with Gasteiger partial charge in [0.1, 0.15) is 11.9 Å². The van der Waals surface area contributed by atoms with E-state index >= 15 is 0 Å². The number of rotatable bonds is 1. The lowest BCUT2D eigenvalue weighted by Crippen LogP contribution is -2.53. The van der Waals surface area contributed by atoms with Crippen LogP contribution in [0.2, 0.25) is 0 Å². The average molecular weight is 312 g/mol. The van der Waals surface area contributed by atoms with Crippen LogP contribution in [0.4, 0.5) is 4.39 Å². The Hall–Kier alpha value is -1.45. The molecular weight excluding hydrogens is 301 g/mol. The van der Waals surface area contributed by atoms with Gasteiger partial charge in [-0.3, -0.25) is 4.79 Å². The van der Waals surface area contributed by atoms with Gasteiger partial charge in [-0.05, 0) is 18.2 Å². The van der Waals surface area contributed by atoms with Gasteiger partial charge in [0, 0.05) is 24.1 Å². The highest BCUT2D eigenvalue weighted by atomic mass is 79.9. The van der Waals surface area contributed by atoms with Crippen molar-refractivity contribution in [3.8, 4) is 6.07 Å². The van der Waals surface area contributed by atoms with E-state index in [4.69, 9.17) is 5.26 Å². The molecule has 0 spiro atoms. The molecule has 1 aromatic rings. The van der Waals surface area contributed by atoms with Gasteiger partial charge in [0.15, 0.2) is 0 Å². The van der Waals surface area contributed by atoms with Crippen LogP contribution in [0.25, 0.3) is 0 Å². The van der Waals surface area contributed by atoms with E-state index in [1.54, 1.807) is 6.07 Å². The number of amides is 1. The first-order chi connectivity index (χ1) is 8.63. The predicted octanol–water partition coefficient (Wildman–Crippen LogP) is 1.53. The molecule has 0 aliphatic carbocycles. The molecule has 1 heterocycles. The smallest absolute Gasteiger partial charge is 0.257 e. The van der Waals surface area contributed by atoms with E-state index in [0.29, 0.717) is 24.1 Å². The number of nitrogens with zero attached hydrogens (tertiary/aromatic N) is 2. The Morgan fingerprint density at radius 1 is 1.61 bits per heavy atom. The highest BCUT2D eigenvalue weighted by Crippen LogP contribution is 2.18. The summed E-state index contributed by atoms with van der Waals surface area (Å²) in [6, 6.07) is 5.79. The molecule has 4 nitrogen and oxygen atoms in total. The maximum atomic E-state index is 13.7. The second kappa shape index (κ2) is 5.46. The van der Waals surface area contributed by atoms with Gasteiger partial charge in [-0.15, -0.1) is 0 Å². The third-order valence-electron chi connectivity index (χ3n) is 2.81. The van der Waals surface area contributed by atoms with Crippen molar-refractivity contribution in [1.82, 2.24) is 10.2 Å². The first kappa shape index (κ1) is 13.0. The van der Waals surface area contributed by atoms with Crippen LogP contribution in [0, 0.1) is 17.1 Å². The molecule has 0 bridgehead atoms. The zero-order valence-corrected chi connectivity index (χ0v) is 11.1. The molecule has 0 saturated carbocycles. The summed E-state index contributed by atoms with van der Waals surface area (Å²) < 4.78 is 14.3. The van der Waals surface area contributed by atoms with E-state index < -0.39 is 17.8 Å². The van der Waals surface area contributed by atoms with Gasteiger partial charge in [-0.1, -0.05) is 15.9 Å². The number of benzene rings is 1. The fourth-order valence-corrected chi connectivity index (χ4v) is 2.21.